The second-order valence-corrected chi connectivity index (χ2v) is 5.40. The van der Waals surface area contributed by atoms with Gasteiger partial charge in [0, 0.05) is 18.7 Å². The van der Waals surface area contributed by atoms with E-state index in [0.717, 1.165) is 30.8 Å². The number of halogens is 1. The van der Waals surface area contributed by atoms with Crippen LogP contribution in [0.25, 0.3) is 0 Å². The third kappa shape index (κ3) is 2.43. The molecule has 1 saturated heterocycles. The molecular formula is C15H22FNO. The molecule has 0 radical (unpaired) electrons. The van der Waals surface area contributed by atoms with E-state index < -0.39 is 5.60 Å². The molecule has 0 aliphatic carbocycles. The van der Waals surface area contributed by atoms with Crippen LogP contribution >= 0.6 is 0 Å². The highest BCUT2D eigenvalue weighted by atomic mass is 19.1. The molecule has 100 valence electrons. The lowest BCUT2D eigenvalue weighted by Gasteiger charge is -2.39. The average molecular weight is 251 g/mol. The lowest BCUT2D eigenvalue weighted by Crippen LogP contribution is -2.43. The fraction of sp³-hybridized carbons (Fsp3) is 0.600. The molecule has 0 amide bonds. The van der Waals surface area contributed by atoms with E-state index in [1.54, 1.807) is 0 Å². The number of hydrogen-bond donors (Lipinski definition) is 1. The molecule has 0 aromatic heterocycles. The van der Waals surface area contributed by atoms with Gasteiger partial charge >= 0.3 is 0 Å². The van der Waals surface area contributed by atoms with E-state index in [-0.39, 0.29) is 5.82 Å². The van der Waals surface area contributed by atoms with Gasteiger partial charge in [0.15, 0.2) is 0 Å². The van der Waals surface area contributed by atoms with Crippen molar-refractivity contribution in [2.24, 2.45) is 0 Å². The van der Waals surface area contributed by atoms with Crippen LogP contribution in [0.5, 0.6) is 0 Å². The summed E-state index contributed by atoms with van der Waals surface area (Å²) in [5.41, 5.74) is 1.28. The van der Waals surface area contributed by atoms with Crippen LogP contribution in [-0.4, -0.2) is 29.6 Å². The third-order valence-corrected chi connectivity index (χ3v) is 4.03. The third-order valence-electron chi connectivity index (χ3n) is 4.03. The highest BCUT2D eigenvalue weighted by molar-refractivity contribution is 5.36. The van der Waals surface area contributed by atoms with Crippen molar-refractivity contribution in [3.05, 3.63) is 34.6 Å². The molecule has 1 aromatic rings. The van der Waals surface area contributed by atoms with Crippen LogP contribution in [0.4, 0.5) is 4.39 Å². The number of likely N-dealkylation sites (tertiary alicyclic amines) is 1. The van der Waals surface area contributed by atoms with Crippen LogP contribution in [0.3, 0.4) is 0 Å². The Hall–Kier alpha value is -0.930. The Morgan fingerprint density at radius 2 is 1.89 bits per heavy atom. The first-order chi connectivity index (χ1) is 8.46. The van der Waals surface area contributed by atoms with Crippen LogP contribution in [0.2, 0.25) is 0 Å². The predicted octanol–water partition coefficient (Wildman–Crippen LogP) is 2.75. The number of rotatable bonds is 2. The topological polar surface area (TPSA) is 23.5 Å². The van der Waals surface area contributed by atoms with Gasteiger partial charge in [0.1, 0.15) is 5.82 Å². The number of benzene rings is 1. The summed E-state index contributed by atoms with van der Waals surface area (Å²) < 4.78 is 14.1. The number of nitrogens with zero attached hydrogens (tertiary/aromatic N) is 1. The Morgan fingerprint density at radius 1 is 1.28 bits per heavy atom. The van der Waals surface area contributed by atoms with Crippen molar-refractivity contribution in [3.8, 4) is 0 Å². The smallest absolute Gasteiger partial charge is 0.129 e. The summed E-state index contributed by atoms with van der Waals surface area (Å²) in [4.78, 5) is 2.29. The highest BCUT2D eigenvalue weighted by Gasteiger charge is 2.36. The van der Waals surface area contributed by atoms with Crippen molar-refractivity contribution in [3.63, 3.8) is 0 Å². The molecule has 1 aliphatic rings. The molecule has 1 fully saturated rings. The summed E-state index contributed by atoms with van der Waals surface area (Å²) in [5.74, 6) is -0.264. The van der Waals surface area contributed by atoms with E-state index in [1.807, 2.05) is 19.9 Å². The first-order valence-electron chi connectivity index (χ1n) is 6.68. The van der Waals surface area contributed by atoms with Crippen LogP contribution in [0.1, 0.15) is 36.5 Å². The maximum Gasteiger partial charge on any atom is 0.129 e. The normalized spacial score (nSPS) is 20.1. The SMILES string of the molecule is CCN1CCC(O)(c2c(C)cc(C)cc2F)CC1. The number of aryl methyl sites for hydroxylation is 2. The van der Waals surface area contributed by atoms with Crippen molar-refractivity contribution in [2.45, 2.75) is 39.2 Å². The van der Waals surface area contributed by atoms with Crippen LogP contribution < -0.4 is 0 Å². The van der Waals surface area contributed by atoms with Gasteiger partial charge in [0.25, 0.3) is 0 Å². The molecule has 2 nitrogen and oxygen atoms in total. The molecule has 0 saturated carbocycles. The van der Waals surface area contributed by atoms with Gasteiger partial charge in [-0.3, -0.25) is 0 Å². The predicted molar refractivity (Wildman–Crippen MR) is 71.1 cm³/mol. The minimum atomic E-state index is -0.993. The summed E-state index contributed by atoms with van der Waals surface area (Å²) in [6.07, 6.45) is 1.23. The zero-order chi connectivity index (χ0) is 13.3. The monoisotopic (exact) mass is 251 g/mol. The molecule has 3 heteroatoms. The summed E-state index contributed by atoms with van der Waals surface area (Å²) >= 11 is 0. The first-order valence-corrected chi connectivity index (χ1v) is 6.68. The standard InChI is InChI=1S/C15H22FNO/c1-4-17-7-5-15(18,6-8-17)14-12(3)9-11(2)10-13(14)16/h9-10,18H,4-8H2,1-3H3. The van der Waals surface area contributed by atoms with Crippen molar-refractivity contribution < 1.29 is 9.50 Å². The molecule has 18 heavy (non-hydrogen) atoms. The number of piperidine rings is 1. The molecule has 1 heterocycles. The molecule has 0 bridgehead atoms. The Bertz CT molecular complexity index is 413. The van der Waals surface area contributed by atoms with Crippen LogP contribution in [-0.2, 0) is 5.60 Å². The van der Waals surface area contributed by atoms with Crippen molar-refractivity contribution in [1.82, 2.24) is 4.90 Å². The van der Waals surface area contributed by atoms with E-state index in [9.17, 15) is 9.50 Å². The zero-order valence-electron chi connectivity index (χ0n) is 11.5. The quantitative estimate of drug-likeness (QED) is 0.873. The Kier molecular flexibility index (Phi) is 3.74. The fourth-order valence-corrected chi connectivity index (χ4v) is 2.99. The molecule has 2 rings (SSSR count). The first kappa shape index (κ1) is 13.5. The van der Waals surface area contributed by atoms with Gasteiger partial charge in [0.2, 0.25) is 0 Å². The summed E-state index contributed by atoms with van der Waals surface area (Å²) in [5, 5.41) is 10.7. The molecule has 1 aliphatic heterocycles. The zero-order valence-corrected chi connectivity index (χ0v) is 11.5. The number of aliphatic hydroxyl groups is 1. The van der Waals surface area contributed by atoms with Gasteiger partial charge in [-0.25, -0.2) is 4.39 Å². The van der Waals surface area contributed by atoms with Crippen LogP contribution in [0, 0.1) is 19.7 Å². The largest absolute Gasteiger partial charge is 0.385 e. The van der Waals surface area contributed by atoms with E-state index in [0.29, 0.717) is 18.4 Å². The molecule has 1 aromatic carbocycles. The second-order valence-electron chi connectivity index (χ2n) is 5.40. The van der Waals surface area contributed by atoms with Gasteiger partial charge in [-0.2, -0.15) is 0 Å². The van der Waals surface area contributed by atoms with Gasteiger partial charge in [-0.1, -0.05) is 13.0 Å². The average Bonchev–Trinajstić information content (AvgIpc) is 2.28. The Balaban J connectivity index is 2.31. The molecular weight excluding hydrogens is 229 g/mol. The lowest BCUT2D eigenvalue weighted by atomic mass is 9.81. The molecule has 0 spiro atoms. The van der Waals surface area contributed by atoms with E-state index in [1.165, 1.54) is 6.07 Å². The lowest BCUT2D eigenvalue weighted by molar-refractivity contribution is -0.0277. The van der Waals surface area contributed by atoms with Gasteiger partial charge in [-0.05, 0) is 50.4 Å². The second kappa shape index (κ2) is 4.98. The summed E-state index contributed by atoms with van der Waals surface area (Å²) in [7, 11) is 0. The van der Waals surface area contributed by atoms with E-state index in [2.05, 4.69) is 11.8 Å². The van der Waals surface area contributed by atoms with Crippen molar-refractivity contribution in [1.29, 1.82) is 0 Å². The fourth-order valence-electron chi connectivity index (χ4n) is 2.99. The van der Waals surface area contributed by atoms with Gasteiger partial charge < -0.3 is 10.0 Å². The number of hydrogen-bond acceptors (Lipinski definition) is 2. The highest BCUT2D eigenvalue weighted by Crippen LogP contribution is 2.36. The molecule has 1 N–H and O–H groups in total. The minimum absolute atomic E-state index is 0.264. The Labute approximate surface area is 108 Å². The van der Waals surface area contributed by atoms with Gasteiger partial charge in [0.05, 0.1) is 5.60 Å². The van der Waals surface area contributed by atoms with E-state index in [4.69, 9.17) is 0 Å². The maximum absolute atomic E-state index is 14.1. The van der Waals surface area contributed by atoms with Crippen molar-refractivity contribution in [2.75, 3.05) is 19.6 Å². The van der Waals surface area contributed by atoms with Crippen LogP contribution in [0.15, 0.2) is 12.1 Å². The van der Waals surface area contributed by atoms with Crippen molar-refractivity contribution >= 4 is 0 Å². The Morgan fingerprint density at radius 3 is 2.39 bits per heavy atom. The summed E-state index contributed by atoms with van der Waals surface area (Å²) in [6, 6.07) is 3.47. The maximum atomic E-state index is 14.1. The minimum Gasteiger partial charge on any atom is -0.385 e. The summed E-state index contributed by atoms with van der Waals surface area (Å²) in [6.45, 7) is 8.53. The molecule has 0 unspecified atom stereocenters. The molecule has 0 atom stereocenters. The van der Waals surface area contributed by atoms with Gasteiger partial charge in [-0.15, -0.1) is 0 Å². The van der Waals surface area contributed by atoms with E-state index >= 15 is 0 Å².